The number of urea groups is 1. The maximum Gasteiger partial charge on any atom is 0.485 e. The molecule has 1 aliphatic rings. The van der Waals surface area contributed by atoms with Gasteiger partial charge in [-0.3, -0.25) is 4.90 Å². The van der Waals surface area contributed by atoms with Crippen LogP contribution in [0.1, 0.15) is 5.56 Å². The lowest BCUT2D eigenvalue weighted by Crippen LogP contribution is -2.46. The molecule has 1 aliphatic heterocycles. The van der Waals surface area contributed by atoms with Crippen LogP contribution in [0.3, 0.4) is 0 Å². The van der Waals surface area contributed by atoms with Crippen molar-refractivity contribution in [1.82, 2.24) is 5.32 Å². The fourth-order valence-electron chi connectivity index (χ4n) is 1.74. The van der Waals surface area contributed by atoms with Gasteiger partial charge < -0.3 is 0 Å². The second-order valence-electron chi connectivity index (χ2n) is 3.46. The van der Waals surface area contributed by atoms with Crippen molar-refractivity contribution < 1.29 is 18.0 Å². The summed E-state index contributed by atoms with van der Waals surface area (Å²) in [5, 5.41) is 0.989. The van der Waals surface area contributed by atoms with Crippen LogP contribution < -0.4 is 10.2 Å². The highest BCUT2D eigenvalue weighted by Gasteiger charge is 2.34. The number of amides is 2. The minimum absolute atomic E-state index is 0.279. The van der Waals surface area contributed by atoms with Gasteiger partial charge in [-0.2, -0.15) is 13.2 Å². The van der Waals surface area contributed by atoms with Crippen molar-refractivity contribution in [2.45, 2.75) is 12.7 Å². The summed E-state index contributed by atoms with van der Waals surface area (Å²) < 4.78 is 35.9. The average molecular weight is 230 g/mol. The molecule has 1 N–H and O–H groups in total. The molecule has 0 bridgehead atoms. The number of rotatable bonds is 0. The topological polar surface area (TPSA) is 32.3 Å². The quantitative estimate of drug-likeness (QED) is 0.681. The Morgan fingerprint density at radius 2 is 2.00 bits per heavy atom. The van der Waals surface area contributed by atoms with E-state index in [1.54, 1.807) is 24.3 Å². The lowest BCUT2D eigenvalue weighted by molar-refractivity contribution is -0.145. The fraction of sp³-hybridized carbons (Fsp3) is 0.300. The molecule has 0 atom stereocenters. The Bertz CT molecular complexity index is 417. The van der Waals surface area contributed by atoms with Gasteiger partial charge in [0, 0.05) is 12.2 Å². The highest BCUT2D eigenvalue weighted by atomic mass is 19.4. The van der Waals surface area contributed by atoms with E-state index in [-0.39, 0.29) is 6.54 Å². The van der Waals surface area contributed by atoms with Crippen molar-refractivity contribution in [3.63, 3.8) is 0 Å². The van der Waals surface area contributed by atoms with Gasteiger partial charge in [0.2, 0.25) is 0 Å². The summed E-state index contributed by atoms with van der Waals surface area (Å²) in [6.45, 7) is 0.279. The molecule has 0 unspecified atom stereocenters. The monoisotopic (exact) mass is 230 g/mol. The van der Waals surface area contributed by atoms with Crippen molar-refractivity contribution >= 4 is 11.7 Å². The maximum atomic E-state index is 12.0. The van der Waals surface area contributed by atoms with Crippen molar-refractivity contribution in [3.8, 4) is 0 Å². The Hall–Kier alpha value is -1.72. The van der Waals surface area contributed by atoms with Crippen molar-refractivity contribution in [3.05, 3.63) is 29.8 Å². The average Bonchev–Trinajstić information content (AvgIpc) is 2.58. The molecule has 6 heteroatoms. The third kappa shape index (κ3) is 2.10. The number of nitrogens with zero attached hydrogens (tertiary/aromatic N) is 1. The Morgan fingerprint density at radius 3 is 2.69 bits per heavy atom. The van der Waals surface area contributed by atoms with Crippen LogP contribution in [-0.2, 0) is 6.42 Å². The van der Waals surface area contributed by atoms with Crippen LogP contribution in [0.25, 0.3) is 0 Å². The zero-order valence-electron chi connectivity index (χ0n) is 8.21. The number of hydrogen-bond acceptors (Lipinski definition) is 1. The van der Waals surface area contributed by atoms with E-state index in [4.69, 9.17) is 0 Å². The lowest BCUT2D eigenvalue weighted by Gasteiger charge is -2.19. The van der Waals surface area contributed by atoms with E-state index in [9.17, 15) is 18.0 Å². The first-order valence-electron chi connectivity index (χ1n) is 4.72. The second kappa shape index (κ2) is 3.70. The maximum absolute atomic E-state index is 12.0. The van der Waals surface area contributed by atoms with Gasteiger partial charge in [0.05, 0.1) is 0 Å². The van der Waals surface area contributed by atoms with Gasteiger partial charge in [0.1, 0.15) is 0 Å². The van der Waals surface area contributed by atoms with E-state index < -0.39 is 12.3 Å². The Labute approximate surface area is 89.9 Å². The molecule has 0 aliphatic carbocycles. The molecule has 0 aromatic heterocycles. The van der Waals surface area contributed by atoms with Crippen molar-refractivity contribution in [2.24, 2.45) is 0 Å². The number of para-hydroxylation sites is 1. The predicted molar refractivity (Wildman–Crippen MR) is 52.1 cm³/mol. The largest absolute Gasteiger partial charge is 0.485 e. The van der Waals surface area contributed by atoms with E-state index in [0.29, 0.717) is 12.1 Å². The lowest BCUT2D eigenvalue weighted by atomic mass is 10.2. The molecule has 1 aromatic carbocycles. The minimum atomic E-state index is -4.69. The summed E-state index contributed by atoms with van der Waals surface area (Å²) in [6.07, 6.45) is -4.10. The zero-order valence-corrected chi connectivity index (χ0v) is 8.21. The number of halogens is 3. The van der Waals surface area contributed by atoms with Crippen LogP contribution in [0.5, 0.6) is 0 Å². The normalized spacial score (nSPS) is 14.8. The molecule has 0 radical (unpaired) electrons. The number of carbonyl (C=O) groups is 1. The minimum Gasteiger partial charge on any atom is -0.294 e. The predicted octanol–water partition coefficient (Wildman–Crippen LogP) is 2.28. The van der Waals surface area contributed by atoms with Crippen LogP contribution in [-0.4, -0.2) is 18.9 Å². The molecule has 1 heterocycles. The number of fused-ring (bicyclic) bond motifs is 1. The van der Waals surface area contributed by atoms with Crippen LogP contribution in [0, 0.1) is 0 Å². The van der Waals surface area contributed by atoms with E-state index in [1.165, 1.54) is 0 Å². The number of hydrogen-bond donors (Lipinski definition) is 1. The number of benzene rings is 1. The van der Waals surface area contributed by atoms with Gasteiger partial charge in [0.15, 0.2) is 0 Å². The number of alkyl halides is 3. The molecule has 2 rings (SSSR count). The third-order valence-electron chi connectivity index (χ3n) is 2.38. The smallest absolute Gasteiger partial charge is 0.294 e. The summed E-state index contributed by atoms with van der Waals surface area (Å²) in [4.78, 5) is 12.4. The molecule has 0 fully saturated rings. The molecule has 2 amide bonds. The summed E-state index contributed by atoms with van der Waals surface area (Å²) in [6, 6.07) is 5.80. The van der Waals surface area contributed by atoms with E-state index in [2.05, 4.69) is 0 Å². The van der Waals surface area contributed by atoms with Gasteiger partial charge in [-0.05, 0) is 18.1 Å². The Kier molecular flexibility index (Phi) is 2.49. The first kappa shape index (κ1) is 10.8. The standard InChI is InChI=1S/C10H9F3N2O/c11-10(12,13)14-9(16)15-6-5-7-3-1-2-4-8(7)15/h1-4H,5-6H2,(H,14,16). The van der Waals surface area contributed by atoms with E-state index in [1.807, 2.05) is 0 Å². The van der Waals surface area contributed by atoms with Crippen LogP contribution >= 0.6 is 0 Å². The molecule has 1 aromatic rings. The number of anilines is 1. The van der Waals surface area contributed by atoms with E-state index in [0.717, 1.165) is 15.8 Å². The van der Waals surface area contributed by atoms with Gasteiger partial charge in [-0.1, -0.05) is 18.2 Å². The highest BCUT2D eigenvalue weighted by molar-refractivity contribution is 5.94. The SMILES string of the molecule is O=C(NC(F)(F)F)N1CCc2ccccc21. The molecule has 0 spiro atoms. The zero-order chi connectivity index (χ0) is 11.8. The summed E-state index contributed by atoms with van der Waals surface area (Å²) in [5.41, 5.74) is 1.43. The van der Waals surface area contributed by atoms with Crippen molar-refractivity contribution in [2.75, 3.05) is 11.4 Å². The fourth-order valence-corrected chi connectivity index (χ4v) is 1.74. The van der Waals surface area contributed by atoms with Crippen LogP contribution in [0.2, 0.25) is 0 Å². The summed E-state index contributed by atoms with van der Waals surface area (Å²) >= 11 is 0. The van der Waals surface area contributed by atoms with Gasteiger partial charge in [-0.15, -0.1) is 0 Å². The number of carbonyl (C=O) groups excluding carboxylic acids is 1. The summed E-state index contributed by atoms with van der Waals surface area (Å²) in [5.74, 6) is 0. The molecule has 16 heavy (non-hydrogen) atoms. The number of nitrogens with one attached hydrogen (secondary N) is 1. The Balaban J connectivity index is 2.16. The molecule has 0 saturated carbocycles. The first-order valence-corrected chi connectivity index (χ1v) is 4.72. The molecule has 86 valence electrons. The highest BCUT2D eigenvalue weighted by Crippen LogP contribution is 2.27. The summed E-state index contributed by atoms with van der Waals surface area (Å²) in [7, 11) is 0. The first-order chi connectivity index (χ1) is 7.47. The molecule has 0 saturated heterocycles. The molecular formula is C10H9F3N2O. The molecule has 3 nitrogen and oxygen atoms in total. The third-order valence-corrected chi connectivity index (χ3v) is 2.38. The van der Waals surface area contributed by atoms with Gasteiger partial charge >= 0.3 is 12.3 Å². The van der Waals surface area contributed by atoms with E-state index >= 15 is 0 Å². The molecular weight excluding hydrogens is 221 g/mol. The van der Waals surface area contributed by atoms with Crippen molar-refractivity contribution in [1.29, 1.82) is 0 Å². The van der Waals surface area contributed by atoms with Crippen LogP contribution in [0.15, 0.2) is 24.3 Å². The Morgan fingerprint density at radius 1 is 1.31 bits per heavy atom. The van der Waals surface area contributed by atoms with Gasteiger partial charge in [0.25, 0.3) is 0 Å². The van der Waals surface area contributed by atoms with Gasteiger partial charge in [-0.25, -0.2) is 10.1 Å². The second-order valence-corrected chi connectivity index (χ2v) is 3.46. The van der Waals surface area contributed by atoms with Crippen LogP contribution in [0.4, 0.5) is 23.7 Å².